The molecule has 0 spiro atoms. The van der Waals surface area contributed by atoms with Gasteiger partial charge in [-0.1, -0.05) is 37.3 Å². The van der Waals surface area contributed by atoms with Gasteiger partial charge in [-0.25, -0.2) is 0 Å². The van der Waals surface area contributed by atoms with Crippen LogP contribution in [0.25, 0.3) is 0 Å². The van der Waals surface area contributed by atoms with E-state index in [9.17, 15) is 4.79 Å². The zero-order valence-electron chi connectivity index (χ0n) is 8.57. The maximum absolute atomic E-state index is 11.6. The van der Waals surface area contributed by atoms with Crippen molar-refractivity contribution in [3.8, 4) is 0 Å². The summed E-state index contributed by atoms with van der Waals surface area (Å²) >= 11 is 0. The molecule has 0 bridgehead atoms. The topological polar surface area (TPSA) is 17.1 Å². The van der Waals surface area contributed by atoms with Crippen molar-refractivity contribution in [1.82, 2.24) is 0 Å². The predicted molar refractivity (Wildman–Crippen MR) is 57.2 cm³/mol. The third-order valence-electron chi connectivity index (χ3n) is 3.28. The molecule has 1 fully saturated rings. The van der Waals surface area contributed by atoms with Gasteiger partial charge in [0.15, 0.2) is 0 Å². The second-order valence-corrected chi connectivity index (χ2v) is 4.16. The summed E-state index contributed by atoms with van der Waals surface area (Å²) < 4.78 is 0. The molecule has 0 aromatic heterocycles. The fourth-order valence-corrected chi connectivity index (χ4v) is 2.36. The first-order valence-electron chi connectivity index (χ1n) is 5.36. The summed E-state index contributed by atoms with van der Waals surface area (Å²) in [5, 5.41) is 0. The highest BCUT2D eigenvalue weighted by atomic mass is 16.1. The van der Waals surface area contributed by atoms with Gasteiger partial charge in [-0.2, -0.15) is 0 Å². The zero-order chi connectivity index (χ0) is 9.97. The molecule has 1 heteroatoms. The van der Waals surface area contributed by atoms with Crippen LogP contribution in [-0.4, -0.2) is 5.78 Å². The van der Waals surface area contributed by atoms with Gasteiger partial charge < -0.3 is 0 Å². The van der Waals surface area contributed by atoms with Crippen LogP contribution in [0, 0.1) is 5.92 Å². The van der Waals surface area contributed by atoms with Gasteiger partial charge in [-0.3, -0.25) is 4.79 Å². The lowest BCUT2D eigenvalue weighted by molar-refractivity contribution is -0.121. The van der Waals surface area contributed by atoms with Gasteiger partial charge in [-0.05, 0) is 24.3 Å². The Bertz CT molecular complexity index is 315. The van der Waals surface area contributed by atoms with E-state index in [0.717, 1.165) is 19.3 Å². The quantitative estimate of drug-likeness (QED) is 0.696. The van der Waals surface area contributed by atoms with Crippen LogP contribution < -0.4 is 0 Å². The summed E-state index contributed by atoms with van der Waals surface area (Å²) in [5.74, 6) is 1.13. The molecule has 1 saturated carbocycles. The fourth-order valence-electron chi connectivity index (χ4n) is 2.36. The maximum atomic E-state index is 11.6. The molecule has 0 heterocycles. The van der Waals surface area contributed by atoms with Crippen LogP contribution >= 0.6 is 0 Å². The predicted octanol–water partition coefficient (Wildman–Crippen LogP) is 3.16. The van der Waals surface area contributed by atoms with Crippen LogP contribution in [0.3, 0.4) is 0 Å². The maximum Gasteiger partial charge on any atom is 0.136 e. The number of rotatable bonds is 2. The van der Waals surface area contributed by atoms with E-state index in [-0.39, 0.29) is 5.92 Å². The molecule has 2 unspecified atom stereocenters. The monoisotopic (exact) mass is 188 g/mol. The van der Waals surface area contributed by atoms with Crippen molar-refractivity contribution in [1.29, 1.82) is 0 Å². The van der Waals surface area contributed by atoms with Gasteiger partial charge in [0.05, 0.1) is 0 Å². The van der Waals surface area contributed by atoms with Gasteiger partial charge in [-0.15, -0.1) is 0 Å². The highest BCUT2D eigenvalue weighted by Gasteiger charge is 2.29. The van der Waals surface area contributed by atoms with Gasteiger partial charge in [0.2, 0.25) is 0 Å². The Morgan fingerprint density at radius 3 is 2.57 bits per heavy atom. The Balaban J connectivity index is 2.16. The smallest absolute Gasteiger partial charge is 0.136 e. The molecule has 1 aliphatic carbocycles. The van der Waals surface area contributed by atoms with Crippen molar-refractivity contribution in [2.75, 3.05) is 0 Å². The van der Waals surface area contributed by atoms with Crippen LogP contribution in [0.5, 0.6) is 0 Å². The Labute approximate surface area is 85.1 Å². The van der Waals surface area contributed by atoms with Gasteiger partial charge in [0.1, 0.15) is 5.78 Å². The minimum Gasteiger partial charge on any atom is -0.299 e. The van der Waals surface area contributed by atoms with Crippen molar-refractivity contribution in [3.63, 3.8) is 0 Å². The molecule has 1 nitrogen and oxygen atoms in total. The first-order valence-corrected chi connectivity index (χ1v) is 5.36. The van der Waals surface area contributed by atoms with E-state index in [1.807, 2.05) is 18.2 Å². The normalized spacial score (nSPS) is 23.8. The molecule has 0 N–H and O–H groups in total. The zero-order valence-corrected chi connectivity index (χ0v) is 8.57. The van der Waals surface area contributed by atoms with E-state index < -0.39 is 0 Å². The van der Waals surface area contributed by atoms with E-state index in [0.29, 0.717) is 11.7 Å². The Morgan fingerprint density at radius 2 is 2.00 bits per heavy atom. The third kappa shape index (κ3) is 1.72. The molecular weight excluding hydrogens is 172 g/mol. The second-order valence-electron chi connectivity index (χ2n) is 4.16. The molecular formula is C13H16O. The number of carbonyl (C=O) groups is 1. The first kappa shape index (κ1) is 9.45. The van der Waals surface area contributed by atoms with E-state index in [1.165, 1.54) is 5.56 Å². The minimum atomic E-state index is 0.275. The SMILES string of the molecule is CC(c1ccccc1)C1CCCC1=O. The standard InChI is InChI=1S/C13H16O/c1-10(11-6-3-2-4-7-11)12-8-5-9-13(12)14/h2-4,6-7,10,12H,5,8-9H2,1H3. The average molecular weight is 188 g/mol. The highest BCUT2D eigenvalue weighted by molar-refractivity contribution is 5.83. The highest BCUT2D eigenvalue weighted by Crippen LogP contribution is 2.34. The molecule has 0 radical (unpaired) electrons. The molecule has 1 aromatic carbocycles. The van der Waals surface area contributed by atoms with E-state index in [2.05, 4.69) is 19.1 Å². The van der Waals surface area contributed by atoms with Crippen LogP contribution in [0.15, 0.2) is 30.3 Å². The summed E-state index contributed by atoms with van der Waals surface area (Å²) in [5.41, 5.74) is 1.30. The summed E-state index contributed by atoms with van der Waals surface area (Å²) in [6.07, 6.45) is 2.96. The van der Waals surface area contributed by atoms with Crippen molar-refractivity contribution in [2.45, 2.75) is 32.1 Å². The Hall–Kier alpha value is -1.11. The number of carbonyl (C=O) groups excluding carboxylic acids is 1. The fraction of sp³-hybridized carbons (Fsp3) is 0.462. The number of ketones is 1. The average Bonchev–Trinajstić information content (AvgIpc) is 2.65. The second kappa shape index (κ2) is 3.95. The van der Waals surface area contributed by atoms with E-state index in [4.69, 9.17) is 0 Å². The molecule has 1 aliphatic rings. The van der Waals surface area contributed by atoms with Gasteiger partial charge in [0, 0.05) is 12.3 Å². The van der Waals surface area contributed by atoms with E-state index >= 15 is 0 Å². The third-order valence-corrected chi connectivity index (χ3v) is 3.28. The van der Waals surface area contributed by atoms with Crippen molar-refractivity contribution >= 4 is 5.78 Å². The van der Waals surface area contributed by atoms with Crippen LogP contribution in [-0.2, 0) is 4.79 Å². The van der Waals surface area contributed by atoms with E-state index in [1.54, 1.807) is 0 Å². The summed E-state index contributed by atoms with van der Waals surface area (Å²) in [6, 6.07) is 10.4. The number of benzene rings is 1. The minimum absolute atomic E-state index is 0.275. The van der Waals surface area contributed by atoms with Crippen LogP contribution in [0.2, 0.25) is 0 Å². The lowest BCUT2D eigenvalue weighted by Gasteiger charge is -2.17. The molecule has 74 valence electrons. The van der Waals surface area contributed by atoms with Crippen molar-refractivity contribution in [2.24, 2.45) is 5.92 Å². The Morgan fingerprint density at radius 1 is 1.29 bits per heavy atom. The summed E-state index contributed by atoms with van der Waals surface area (Å²) in [6.45, 7) is 2.17. The molecule has 0 amide bonds. The van der Waals surface area contributed by atoms with Crippen LogP contribution in [0.1, 0.15) is 37.7 Å². The van der Waals surface area contributed by atoms with Crippen LogP contribution in [0.4, 0.5) is 0 Å². The summed E-state index contributed by atoms with van der Waals surface area (Å²) in [7, 11) is 0. The molecule has 14 heavy (non-hydrogen) atoms. The lowest BCUT2D eigenvalue weighted by Crippen LogP contribution is -2.14. The van der Waals surface area contributed by atoms with Gasteiger partial charge in [0.25, 0.3) is 0 Å². The largest absolute Gasteiger partial charge is 0.299 e. The van der Waals surface area contributed by atoms with Gasteiger partial charge >= 0.3 is 0 Å². The number of hydrogen-bond acceptors (Lipinski definition) is 1. The molecule has 2 rings (SSSR count). The van der Waals surface area contributed by atoms with Crippen molar-refractivity contribution in [3.05, 3.63) is 35.9 Å². The summed E-state index contributed by atoms with van der Waals surface area (Å²) in [4.78, 5) is 11.6. The van der Waals surface area contributed by atoms with Crippen molar-refractivity contribution < 1.29 is 4.79 Å². The Kier molecular flexibility index (Phi) is 2.67. The lowest BCUT2D eigenvalue weighted by atomic mass is 9.86. The molecule has 1 aromatic rings. The molecule has 2 atom stereocenters. The number of Topliss-reactive ketones (excluding diaryl/α,β-unsaturated/α-hetero) is 1. The number of hydrogen-bond donors (Lipinski definition) is 0. The molecule has 0 saturated heterocycles. The first-order chi connectivity index (χ1) is 6.79. The molecule has 0 aliphatic heterocycles.